The molecule has 0 atom stereocenters. The molecule has 0 saturated carbocycles. The van der Waals surface area contributed by atoms with Crippen LogP contribution < -0.4 is 0 Å². The number of rotatable bonds is 5. The van der Waals surface area contributed by atoms with E-state index in [1.165, 1.54) is 11.0 Å². The zero-order valence-corrected chi connectivity index (χ0v) is 10.6. The number of carbonyl (C=O) groups excluding carboxylic acids is 1. The monoisotopic (exact) mass is 258 g/mol. The summed E-state index contributed by atoms with van der Waals surface area (Å²) in [6, 6.07) is 1.54. The minimum Gasteiger partial charge on any atom is -0.480 e. The maximum atomic E-state index is 12.1. The van der Waals surface area contributed by atoms with Crippen molar-refractivity contribution in [1.82, 2.24) is 9.47 Å². The van der Waals surface area contributed by atoms with Gasteiger partial charge in [0.15, 0.2) is 0 Å². The molecule has 6 heteroatoms. The molecule has 1 heterocycles. The number of aryl methyl sites for hydroxylation is 1. The lowest BCUT2D eigenvalue weighted by Gasteiger charge is -2.19. The molecule has 0 unspecified atom stereocenters. The van der Waals surface area contributed by atoms with Crippen LogP contribution in [0.25, 0.3) is 0 Å². The van der Waals surface area contributed by atoms with Crippen LogP contribution in [0.3, 0.4) is 0 Å². The Hall–Kier alpha value is -1.49. The second-order valence-electron chi connectivity index (χ2n) is 3.77. The fraction of sp³-hybridized carbons (Fsp3) is 0.455. The first-order valence-electron chi connectivity index (χ1n) is 5.28. The van der Waals surface area contributed by atoms with E-state index in [1.54, 1.807) is 17.8 Å². The average Bonchev–Trinajstić information content (AvgIpc) is 2.55. The normalized spacial score (nSPS) is 10.3. The van der Waals surface area contributed by atoms with Crippen molar-refractivity contribution >= 4 is 23.5 Å². The molecule has 0 aliphatic heterocycles. The number of hydrogen-bond donors (Lipinski definition) is 1. The predicted molar refractivity (Wildman–Crippen MR) is 64.3 cm³/mol. The van der Waals surface area contributed by atoms with E-state index >= 15 is 0 Å². The van der Waals surface area contributed by atoms with E-state index in [2.05, 4.69) is 0 Å². The number of carboxylic acids is 1. The molecule has 0 aliphatic rings. The molecule has 0 radical (unpaired) electrons. The third-order valence-electron chi connectivity index (χ3n) is 2.30. The standard InChI is InChI=1S/C11H15ClN2O3/c1-3-4-14(7-10(15)16)11(17)9-5-8(12)6-13(9)2/h5-6H,3-4,7H2,1-2H3,(H,15,16). The van der Waals surface area contributed by atoms with E-state index in [-0.39, 0.29) is 12.5 Å². The Labute approximate surface area is 105 Å². The molecule has 0 fully saturated rings. The number of hydrogen-bond acceptors (Lipinski definition) is 2. The zero-order chi connectivity index (χ0) is 13.0. The summed E-state index contributed by atoms with van der Waals surface area (Å²) in [4.78, 5) is 24.1. The van der Waals surface area contributed by atoms with Crippen molar-refractivity contribution in [3.8, 4) is 0 Å². The highest BCUT2D eigenvalue weighted by Crippen LogP contribution is 2.14. The van der Waals surface area contributed by atoms with E-state index in [0.29, 0.717) is 23.7 Å². The summed E-state index contributed by atoms with van der Waals surface area (Å²) in [5.41, 5.74) is 0.393. The van der Waals surface area contributed by atoms with Gasteiger partial charge in [0, 0.05) is 19.8 Å². The molecule has 17 heavy (non-hydrogen) atoms. The second-order valence-corrected chi connectivity index (χ2v) is 4.21. The summed E-state index contributed by atoms with van der Waals surface area (Å²) in [6.07, 6.45) is 2.32. The van der Waals surface area contributed by atoms with Gasteiger partial charge in [-0.1, -0.05) is 18.5 Å². The Morgan fingerprint density at radius 2 is 2.18 bits per heavy atom. The minimum atomic E-state index is -1.02. The maximum absolute atomic E-state index is 12.1. The largest absolute Gasteiger partial charge is 0.480 e. The van der Waals surface area contributed by atoms with Crippen molar-refractivity contribution in [3.63, 3.8) is 0 Å². The number of aliphatic carboxylic acids is 1. The fourth-order valence-electron chi connectivity index (χ4n) is 1.58. The van der Waals surface area contributed by atoms with Crippen LogP contribution in [0.4, 0.5) is 0 Å². The molecule has 5 nitrogen and oxygen atoms in total. The lowest BCUT2D eigenvalue weighted by molar-refractivity contribution is -0.137. The Bertz CT molecular complexity index is 428. The van der Waals surface area contributed by atoms with Crippen LogP contribution in [0.15, 0.2) is 12.3 Å². The first kappa shape index (κ1) is 13.6. The van der Waals surface area contributed by atoms with Crippen LogP contribution in [0.1, 0.15) is 23.8 Å². The van der Waals surface area contributed by atoms with Gasteiger partial charge in [-0.25, -0.2) is 0 Å². The Balaban J connectivity index is 2.91. The Morgan fingerprint density at radius 3 is 2.59 bits per heavy atom. The summed E-state index contributed by atoms with van der Waals surface area (Å²) < 4.78 is 1.59. The third-order valence-corrected chi connectivity index (χ3v) is 2.50. The smallest absolute Gasteiger partial charge is 0.323 e. The van der Waals surface area contributed by atoms with Crippen LogP contribution >= 0.6 is 11.6 Å². The topological polar surface area (TPSA) is 62.5 Å². The van der Waals surface area contributed by atoms with Crippen LogP contribution in [0.5, 0.6) is 0 Å². The molecule has 1 rings (SSSR count). The number of aromatic nitrogens is 1. The first-order chi connectivity index (χ1) is 7.95. The highest BCUT2D eigenvalue weighted by molar-refractivity contribution is 6.31. The number of nitrogens with zero attached hydrogens (tertiary/aromatic N) is 2. The van der Waals surface area contributed by atoms with E-state index in [4.69, 9.17) is 16.7 Å². The number of carboxylic acid groups (broad SMARTS) is 1. The maximum Gasteiger partial charge on any atom is 0.323 e. The summed E-state index contributed by atoms with van der Waals surface area (Å²) in [5.74, 6) is -1.34. The van der Waals surface area contributed by atoms with Gasteiger partial charge in [-0.15, -0.1) is 0 Å². The van der Waals surface area contributed by atoms with Crippen LogP contribution in [-0.2, 0) is 11.8 Å². The molecule has 94 valence electrons. The summed E-state index contributed by atoms with van der Waals surface area (Å²) >= 11 is 5.79. The van der Waals surface area contributed by atoms with Gasteiger partial charge in [0.1, 0.15) is 12.2 Å². The van der Waals surface area contributed by atoms with E-state index < -0.39 is 5.97 Å². The van der Waals surface area contributed by atoms with Crippen LogP contribution in [0.2, 0.25) is 5.02 Å². The minimum absolute atomic E-state index is 0.296. The van der Waals surface area contributed by atoms with E-state index in [9.17, 15) is 9.59 Å². The molecular weight excluding hydrogens is 244 g/mol. The lowest BCUT2D eigenvalue weighted by Crippen LogP contribution is -2.37. The quantitative estimate of drug-likeness (QED) is 0.873. The molecular formula is C11H15ClN2O3. The lowest BCUT2D eigenvalue weighted by atomic mass is 10.3. The van der Waals surface area contributed by atoms with Gasteiger partial charge in [0.05, 0.1) is 5.02 Å². The van der Waals surface area contributed by atoms with Crippen LogP contribution in [0, 0.1) is 0 Å². The molecule has 0 bridgehead atoms. The van der Waals surface area contributed by atoms with Crippen LogP contribution in [-0.4, -0.2) is 39.5 Å². The van der Waals surface area contributed by atoms with Gasteiger partial charge < -0.3 is 14.6 Å². The predicted octanol–water partition coefficient (Wildman–Crippen LogP) is 1.62. The van der Waals surface area contributed by atoms with Crippen molar-refractivity contribution in [2.75, 3.05) is 13.1 Å². The summed E-state index contributed by atoms with van der Waals surface area (Å²) in [5, 5.41) is 9.21. The van der Waals surface area contributed by atoms with Gasteiger partial charge in [-0.3, -0.25) is 9.59 Å². The van der Waals surface area contributed by atoms with Gasteiger partial charge >= 0.3 is 5.97 Å². The molecule has 1 aromatic heterocycles. The Morgan fingerprint density at radius 1 is 1.53 bits per heavy atom. The van der Waals surface area contributed by atoms with Crippen molar-refractivity contribution < 1.29 is 14.7 Å². The number of carbonyl (C=O) groups is 2. The van der Waals surface area contributed by atoms with E-state index in [1.807, 2.05) is 6.92 Å². The molecule has 1 aromatic rings. The van der Waals surface area contributed by atoms with E-state index in [0.717, 1.165) is 0 Å². The second kappa shape index (κ2) is 5.72. The molecule has 0 aromatic carbocycles. The zero-order valence-electron chi connectivity index (χ0n) is 9.81. The first-order valence-corrected chi connectivity index (χ1v) is 5.66. The SMILES string of the molecule is CCCN(CC(=O)O)C(=O)c1cc(Cl)cn1C. The van der Waals surface area contributed by atoms with Gasteiger partial charge in [-0.05, 0) is 12.5 Å². The summed E-state index contributed by atoms with van der Waals surface area (Å²) in [7, 11) is 1.70. The van der Waals surface area contributed by atoms with Crippen molar-refractivity contribution in [3.05, 3.63) is 23.0 Å². The molecule has 0 aliphatic carbocycles. The van der Waals surface area contributed by atoms with Gasteiger partial charge in [-0.2, -0.15) is 0 Å². The van der Waals surface area contributed by atoms with Gasteiger partial charge in [0.2, 0.25) is 0 Å². The third kappa shape index (κ3) is 3.49. The number of halogens is 1. The fourth-order valence-corrected chi connectivity index (χ4v) is 1.83. The molecule has 1 amide bonds. The van der Waals surface area contributed by atoms with Crippen molar-refractivity contribution in [2.24, 2.45) is 7.05 Å². The van der Waals surface area contributed by atoms with Crippen molar-refractivity contribution in [1.29, 1.82) is 0 Å². The molecule has 0 spiro atoms. The summed E-state index contributed by atoms with van der Waals surface area (Å²) in [6.45, 7) is 2.00. The molecule has 0 saturated heterocycles. The average molecular weight is 259 g/mol. The number of amides is 1. The van der Waals surface area contributed by atoms with Gasteiger partial charge in [0.25, 0.3) is 5.91 Å². The Kier molecular flexibility index (Phi) is 4.57. The van der Waals surface area contributed by atoms with Crippen molar-refractivity contribution in [2.45, 2.75) is 13.3 Å². The highest BCUT2D eigenvalue weighted by atomic mass is 35.5. The highest BCUT2D eigenvalue weighted by Gasteiger charge is 2.20. The molecule has 1 N–H and O–H groups in total.